The van der Waals surface area contributed by atoms with Crippen molar-refractivity contribution in [3.05, 3.63) is 35.7 Å². The molecule has 0 saturated heterocycles. The Morgan fingerprint density at radius 3 is 1.79 bits per heavy atom. The first-order chi connectivity index (χ1) is 8.55. The third-order valence-corrected chi connectivity index (χ3v) is 4.23. The van der Waals surface area contributed by atoms with Crippen LogP contribution >= 0.6 is 0 Å². The van der Waals surface area contributed by atoms with Crippen LogP contribution in [0, 0.1) is 6.92 Å². The second kappa shape index (κ2) is 5.55. The Bertz CT molecular complexity index is 526. The Labute approximate surface area is 116 Å². The molecule has 0 saturated carbocycles. The monoisotopic (exact) mass is 283 g/mol. The summed E-state index contributed by atoms with van der Waals surface area (Å²) in [6.45, 7) is 13.7. The summed E-state index contributed by atoms with van der Waals surface area (Å²) in [6, 6.07) is 3.72. The van der Waals surface area contributed by atoms with Crippen LogP contribution in [0.3, 0.4) is 0 Å². The van der Waals surface area contributed by atoms with E-state index in [1.807, 2.05) is 32.9 Å². The molecule has 106 valence electrons. The summed E-state index contributed by atoms with van der Waals surface area (Å²) >= 11 is 0. The maximum Gasteiger partial charge on any atom is 0.295 e. The molecule has 0 aliphatic carbocycles. The molecule has 1 atom stereocenters. The van der Waals surface area contributed by atoms with E-state index in [0.717, 1.165) is 5.56 Å². The summed E-state index contributed by atoms with van der Waals surface area (Å²) in [5, 5.41) is 0. The van der Waals surface area contributed by atoms with Crippen molar-refractivity contribution >= 4 is 10.1 Å². The Balaban J connectivity index is 3.77. The highest BCUT2D eigenvalue weighted by atomic mass is 32.2. The Hall–Kier alpha value is -1.00. The summed E-state index contributed by atoms with van der Waals surface area (Å²) in [4.78, 5) is 0.0365. The van der Waals surface area contributed by atoms with E-state index >= 15 is 0 Å². The van der Waals surface area contributed by atoms with Gasteiger partial charge < -0.3 is 0 Å². The molecule has 1 aromatic rings. The smallest absolute Gasteiger partial charge is 0.282 e. The molecule has 1 rings (SSSR count). The molecule has 19 heavy (non-hydrogen) atoms. The van der Waals surface area contributed by atoms with E-state index in [2.05, 4.69) is 20.8 Å². The Morgan fingerprint density at radius 1 is 1.00 bits per heavy atom. The zero-order valence-electron chi connectivity index (χ0n) is 12.3. The molecule has 0 fully saturated rings. The fraction of sp³-hybridized carbons (Fsp3) is 0.533. The molecule has 0 aromatic heterocycles. The zero-order chi connectivity index (χ0) is 15.0. The highest BCUT2D eigenvalue weighted by Gasteiger charge is 2.27. The van der Waals surface area contributed by atoms with Crippen LogP contribution in [0.2, 0.25) is 0 Å². The number of hydrogen-bond acceptors (Lipinski definition) is 2. The molecule has 0 amide bonds. The van der Waals surface area contributed by atoms with Crippen molar-refractivity contribution < 1.29 is 13.0 Å². The van der Waals surface area contributed by atoms with Crippen LogP contribution in [0.15, 0.2) is 17.0 Å². The fourth-order valence-corrected chi connectivity index (χ4v) is 3.28. The molecule has 0 radical (unpaired) electrons. The molecular weight excluding hydrogens is 260 g/mol. The van der Waals surface area contributed by atoms with Crippen molar-refractivity contribution in [3.8, 4) is 0 Å². The van der Waals surface area contributed by atoms with Crippen molar-refractivity contribution in [2.75, 3.05) is 0 Å². The molecule has 0 spiro atoms. The number of hydrogen-bond donors (Lipinski definition) is 1. The summed E-state index contributed by atoms with van der Waals surface area (Å²) in [6.07, 6.45) is 0. The topological polar surface area (TPSA) is 54.4 Å². The third-order valence-electron chi connectivity index (χ3n) is 3.25. The van der Waals surface area contributed by atoms with Gasteiger partial charge in [0, 0.05) is 5.56 Å². The van der Waals surface area contributed by atoms with Crippen LogP contribution in [0.25, 0.3) is 0 Å². The van der Waals surface area contributed by atoms with Gasteiger partial charge in [0.15, 0.2) is 0 Å². The molecule has 1 unspecified atom stereocenters. The number of rotatable bonds is 4. The van der Waals surface area contributed by atoms with Gasteiger partial charge in [-0.25, -0.2) is 0 Å². The van der Waals surface area contributed by atoms with Gasteiger partial charge in [0.25, 0.3) is 10.1 Å². The normalized spacial score (nSPS) is 14.1. The standard InChI is InChI=1S/C15H22O3S/c1-9(2)12-7-13(10(3)4)15(19(16,17)18)14(8-12)11(5)6/h7-11H,3H2,1-2,4-6H3/p+1. The zero-order valence-corrected chi connectivity index (χ0v) is 13.1. The quantitative estimate of drug-likeness (QED) is 0.668. The second-order valence-corrected chi connectivity index (χ2v) is 7.07. The molecule has 1 N–H and O–H groups in total. The van der Waals surface area contributed by atoms with Gasteiger partial charge in [0.1, 0.15) is 10.8 Å². The van der Waals surface area contributed by atoms with E-state index < -0.39 is 10.1 Å². The van der Waals surface area contributed by atoms with Crippen molar-refractivity contribution in [1.82, 2.24) is 0 Å². The average Bonchev–Trinajstić information content (AvgIpc) is 2.25. The van der Waals surface area contributed by atoms with Crippen LogP contribution in [0.4, 0.5) is 0 Å². The molecule has 0 bridgehead atoms. The van der Waals surface area contributed by atoms with E-state index in [1.54, 1.807) is 0 Å². The van der Waals surface area contributed by atoms with E-state index in [9.17, 15) is 13.0 Å². The van der Waals surface area contributed by atoms with Gasteiger partial charge in [-0.3, -0.25) is 4.55 Å². The van der Waals surface area contributed by atoms with Gasteiger partial charge in [-0.05, 0) is 36.0 Å². The first-order valence-electron chi connectivity index (χ1n) is 6.54. The maximum absolute atomic E-state index is 11.7. The van der Waals surface area contributed by atoms with Crippen LogP contribution in [-0.2, 0) is 10.1 Å². The molecule has 0 aliphatic rings. The lowest BCUT2D eigenvalue weighted by Gasteiger charge is -2.19. The molecule has 0 heterocycles. The largest absolute Gasteiger partial charge is 0.295 e. The lowest BCUT2D eigenvalue weighted by Crippen LogP contribution is -2.11. The van der Waals surface area contributed by atoms with E-state index in [1.165, 1.54) is 0 Å². The average molecular weight is 283 g/mol. The van der Waals surface area contributed by atoms with E-state index in [4.69, 9.17) is 0 Å². The highest BCUT2D eigenvalue weighted by Crippen LogP contribution is 2.34. The molecule has 1 aromatic carbocycles. The van der Waals surface area contributed by atoms with Gasteiger partial charge in [-0.2, -0.15) is 8.42 Å². The van der Waals surface area contributed by atoms with E-state index in [-0.39, 0.29) is 16.7 Å². The Morgan fingerprint density at radius 2 is 1.47 bits per heavy atom. The van der Waals surface area contributed by atoms with E-state index in [0.29, 0.717) is 17.0 Å². The minimum absolute atomic E-state index is 0.0214. The van der Waals surface area contributed by atoms with Gasteiger partial charge in [-0.15, -0.1) is 0 Å². The SMILES string of the molecule is [CH2+]C(C)c1cc(C(C)C)cc(C(C)C)c1S(=O)(=O)O. The van der Waals surface area contributed by atoms with Gasteiger partial charge in [0.2, 0.25) is 0 Å². The number of benzene rings is 1. The van der Waals surface area contributed by atoms with Gasteiger partial charge in [0.05, 0.1) is 6.92 Å². The summed E-state index contributed by atoms with van der Waals surface area (Å²) in [5.74, 6) is 0.117. The van der Waals surface area contributed by atoms with Gasteiger partial charge >= 0.3 is 0 Å². The molecular formula is C15H23O3S+. The van der Waals surface area contributed by atoms with Crippen LogP contribution < -0.4 is 0 Å². The third kappa shape index (κ3) is 3.51. The maximum atomic E-state index is 11.7. The predicted molar refractivity (Wildman–Crippen MR) is 78.2 cm³/mol. The van der Waals surface area contributed by atoms with Crippen molar-refractivity contribution in [3.63, 3.8) is 0 Å². The Kier molecular flexibility index (Phi) is 4.69. The van der Waals surface area contributed by atoms with Crippen LogP contribution in [0.5, 0.6) is 0 Å². The lowest BCUT2D eigenvalue weighted by molar-refractivity contribution is 0.479. The summed E-state index contributed by atoms with van der Waals surface area (Å²) in [5.41, 5.74) is 2.33. The highest BCUT2D eigenvalue weighted by molar-refractivity contribution is 7.86. The van der Waals surface area contributed by atoms with Crippen LogP contribution in [0.1, 0.15) is 69.1 Å². The van der Waals surface area contributed by atoms with Crippen LogP contribution in [-0.4, -0.2) is 13.0 Å². The van der Waals surface area contributed by atoms with Crippen molar-refractivity contribution in [2.45, 2.75) is 57.3 Å². The molecule has 3 nitrogen and oxygen atoms in total. The summed E-state index contributed by atoms with van der Waals surface area (Å²) < 4.78 is 32.9. The molecule has 4 heteroatoms. The second-order valence-electron chi connectivity index (χ2n) is 5.71. The predicted octanol–water partition coefficient (Wildman–Crippen LogP) is 4.12. The fourth-order valence-electron chi connectivity index (χ4n) is 2.12. The lowest BCUT2D eigenvalue weighted by atomic mass is 9.89. The first-order valence-corrected chi connectivity index (χ1v) is 7.98. The minimum atomic E-state index is -4.24. The van der Waals surface area contributed by atoms with Gasteiger partial charge in [-0.1, -0.05) is 33.8 Å². The summed E-state index contributed by atoms with van der Waals surface area (Å²) in [7, 11) is -4.24. The minimum Gasteiger partial charge on any atom is -0.282 e. The molecule has 0 aliphatic heterocycles. The van der Waals surface area contributed by atoms with Crippen molar-refractivity contribution in [1.29, 1.82) is 0 Å². The van der Waals surface area contributed by atoms with Crippen molar-refractivity contribution in [2.24, 2.45) is 0 Å². The first kappa shape index (κ1) is 16.1.